The molecular weight excluding hydrogens is 312 g/mol. The number of nitrogens with zero attached hydrogens (tertiary/aromatic N) is 5. The van der Waals surface area contributed by atoms with E-state index in [9.17, 15) is 0 Å². The van der Waals surface area contributed by atoms with Crippen LogP contribution in [0.5, 0.6) is 0 Å². The molecule has 5 aromatic rings. The lowest BCUT2D eigenvalue weighted by Crippen LogP contribution is -1.89. The molecule has 1 N–H and O–H groups in total. The molecule has 0 spiro atoms. The van der Waals surface area contributed by atoms with Gasteiger partial charge in [0, 0.05) is 52.6 Å². The minimum Gasteiger partial charge on any atom is -0.346 e. The fraction of sp³-hybridized carbons (Fsp3) is 0.0526. The number of aromatic nitrogens is 6. The summed E-state index contributed by atoms with van der Waals surface area (Å²) >= 11 is 0. The fourth-order valence-corrected chi connectivity index (χ4v) is 3.16. The molecule has 25 heavy (non-hydrogen) atoms. The Morgan fingerprint density at radius 1 is 1.00 bits per heavy atom. The van der Waals surface area contributed by atoms with Gasteiger partial charge < -0.3 is 4.98 Å². The normalized spacial score (nSPS) is 11.4. The van der Waals surface area contributed by atoms with E-state index in [-0.39, 0.29) is 0 Å². The summed E-state index contributed by atoms with van der Waals surface area (Å²) in [5, 5.41) is 5.22. The van der Waals surface area contributed by atoms with E-state index in [4.69, 9.17) is 0 Å². The summed E-state index contributed by atoms with van der Waals surface area (Å²) < 4.78 is 1.75. The average Bonchev–Trinajstić information content (AvgIpc) is 3.27. The lowest BCUT2D eigenvalue weighted by atomic mass is 10.0. The van der Waals surface area contributed by atoms with Crippen LogP contribution in [0.4, 0.5) is 0 Å². The van der Waals surface area contributed by atoms with Crippen LogP contribution in [0, 0.1) is 6.92 Å². The Bertz CT molecular complexity index is 1220. The molecule has 0 aliphatic carbocycles. The summed E-state index contributed by atoms with van der Waals surface area (Å²) in [4.78, 5) is 16.5. The van der Waals surface area contributed by atoms with E-state index in [1.165, 1.54) is 0 Å². The van der Waals surface area contributed by atoms with Crippen LogP contribution in [0.3, 0.4) is 0 Å². The Kier molecular flexibility index (Phi) is 2.90. The van der Waals surface area contributed by atoms with Gasteiger partial charge in [-0.3, -0.25) is 4.98 Å². The highest BCUT2D eigenvalue weighted by Gasteiger charge is 2.11. The molecule has 0 aliphatic heterocycles. The van der Waals surface area contributed by atoms with E-state index < -0.39 is 0 Å². The first-order valence-electron chi connectivity index (χ1n) is 7.98. The Labute approximate surface area is 143 Å². The summed E-state index contributed by atoms with van der Waals surface area (Å²) in [6.07, 6.45) is 9.15. The molecule has 5 aromatic heterocycles. The lowest BCUT2D eigenvalue weighted by Gasteiger charge is -2.06. The number of fused-ring (bicyclic) bond motifs is 2. The van der Waals surface area contributed by atoms with Crippen molar-refractivity contribution in [2.24, 2.45) is 0 Å². The number of rotatable bonds is 2. The molecule has 5 rings (SSSR count). The van der Waals surface area contributed by atoms with E-state index >= 15 is 0 Å². The zero-order chi connectivity index (χ0) is 16.8. The second-order valence-electron chi connectivity index (χ2n) is 5.94. The van der Waals surface area contributed by atoms with Crippen molar-refractivity contribution in [1.29, 1.82) is 0 Å². The van der Waals surface area contributed by atoms with Gasteiger partial charge in [-0.25, -0.2) is 14.5 Å². The Morgan fingerprint density at radius 2 is 1.96 bits per heavy atom. The Hall–Kier alpha value is -3.54. The maximum Gasteiger partial charge on any atom is 0.155 e. The third kappa shape index (κ3) is 2.19. The van der Waals surface area contributed by atoms with Gasteiger partial charge in [0.25, 0.3) is 0 Å². The van der Waals surface area contributed by atoms with Gasteiger partial charge in [0.2, 0.25) is 0 Å². The van der Waals surface area contributed by atoms with E-state index in [0.717, 1.165) is 44.6 Å². The number of nitrogens with one attached hydrogen (secondary N) is 1. The third-order valence-corrected chi connectivity index (χ3v) is 4.44. The first kappa shape index (κ1) is 13.9. The van der Waals surface area contributed by atoms with Crippen LogP contribution in [-0.4, -0.2) is 29.5 Å². The van der Waals surface area contributed by atoms with Gasteiger partial charge in [-0.1, -0.05) is 6.07 Å². The van der Waals surface area contributed by atoms with Gasteiger partial charge in [-0.2, -0.15) is 5.10 Å². The summed E-state index contributed by atoms with van der Waals surface area (Å²) in [5.74, 6) is 0. The molecule has 0 amide bonds. The second kappa shape index (κ2) is 5.24. The van der Waals surface area contributed by atoms with Crippen LogP contribution in [0.25, 0.3) is 38.9 Å². The van der Waals surface area contributed by atoms with Crippen molar-refractivity contribution in [1.82, 2.24) is 29.5 Å². The summed E-state index contributed by atoms with van der Waals surface area (Å²) in [6.45, 7) is 2.01. The topological polar surface area (TPSA) is 71.8 Å². The fourth-order valence-electron chi connectivity index (χ4n) is 3.16. The molecule has 0 aromatic carbocycles. The number of hydrogen-bond acceptors (Lipinski definition) is 4. The zero-order valence-corrected chi connectivity index (χ0v) is 13.5. The van der Waals surface area contributed by atoms with E-state index in [0.29, 0.717) is 0 Å². The van der Waals surface area contributed by atoms with Gasteiger partial charge >= 0.3 is 0 Å². The van der Waals surface area contributed by atoms with Gasteiger partial charge in [-0.05, 0) is 36.8 Å². The monoisotopic (exact) mass is 326 g/mol. The molecule has 120 valence electrons. The maximum atomic E-state index is 4.58. The summed E-state index contributed by atoms with van der Waals surface area (Å²) in [6, 6.07) is 10.2. The third-order valence-electron chi connectivity index (χ3n) is 4.44. The number of aryl methyl sites for hydroxylation is 1. The molecule has 0 bridgehead atoms. The smallest absolute Gasteiger partial charge is 0.155 e. The first-order valence-corrected chi connectivity index (χ1v) is 7.98. The van der Waals surface area contributed by atoms with Crippen LogP contribution in [0.2, 0.25) is 0 Å². The van der Waals surface area contributed by atoms with E-state index in [2.05, 4.69) is 37.2 Å². The van der Waals surface area contributed by atoms with Crippen LogP contribution in [0.15, 0.2) is 61.4 Å². The molecule has 0 saturated carbocycles. The molecule has 0 radical (unpaired) electrons. The molecule has 6 heteroatoms. The molecule has 0 saturated heterocycles. The van der Waals surface area contributed by atoms with Crippen LogP contribution in [0.1, 0.15) is 5.69 Å². The molecule has 0 unspecified atom stereocenters. The predicted octanol–water partition coefficient (Wildman–Crippen LogP) is 3.64. The standard InChI is InChI=1S/C19H14N6/c1-12-15(3-2-5-20-12)14-7-16-17(10-22-19(16)21-9-14)13-4-6-25-18(8-13)23-11-24-25/h2-11H,1H3,(H,21,22). The molecule has 0 aliphatic rings. The van der Waals surface area contributed by atoms with Gasteiger partial charge in [0.1, 0.15) is 12.0 Å². The van der Waals surface area contributed by atoms with Crippen molar-refractivity contribution in [3.8, 4) is 22.3 Å². The summed E-state index contributed by atoms with van der Waals surface area (Å²) in [7, 11) is 0. The van der Waals surface area contributed by atoms with Crippen molar-refractivity contribution in [3.05, 3.63) is 67.1 Å². The van der Waals surface area contributed by atoms with Crippen molar-refractivity contribution >= 4 is 16.7 Å². The van der Waals surface area contributed by atoms with Gasteiger partial charge in [0.05, 0.1) is 0 Å². The number of aromatic amines is 1. The number of hydrogen-bond donors (Lipinski definition) is 1. The van der Waals surface area contributed by atoms with Gasteiger partial charge in [0.15, 0.2) is 5.65 Å². The minimum absolute atomic E-state index is 0.819. The molecule has 5 heterocycles. The Balaban J connectivity index is 1.71. The van der Waals surface area contributed by atoms with Crippen LogP contribution in [-0.2, 0) is 0 Å². The second-order valence-corrected chi connectivity index (χ2v) is 5.94. The van der Waals surface area contributed by atoms with Gasteiger partial charge in [-0.15, -0.1) is 0 Å². The summed E-state index contributed by atoms with van der Waals surface area (Å²) in [5.41, 5.74) is 7.00. The quantitative estimate of drug-likeness (QED) is 0.537. The van der Waals surface area contributed by atoms with E-state index in [1.54, 1.807) is 17.0 Å². The molecule has 0 fully saturated rings. The van der Waals surface area contributed by atoms with Crippen molar-refractivity contribution in [2.45, 2.75) is 6.92 Å². The van der Waals surface area contributed by atoms with Crippen LogP contribution >= 0.6 is 0 Å². The molecule has 0 atom stereocenters. The number of pyridine rings is 3. The molecular formula is C19H14N6. The Morgan fingerprint density at radius 3 is 2.88 bits per heavy atom. The highest BCUT2D eigenvalue weighted by Crippen LogP contribution is 2.31. The number of H-pyrrole nitrogens is 1. The largest absolute Gasteiger partial charge is 0.346 e. The van der Waals surface area contributed by atoms with Crippen molar-refractivity contribution in [2.75, 3.05) is 0 Å². The highest BCUT2D eigenvalue weighted by atomic mass is 15.3. The molecule has 6 nitrogen and oxygen atoms in total. The minimum atomic E-state index is 0.819. The van der Waals surface area contributed by atoms with Crippen LogP contribution < -0.4 is 0 Å². The average molecular weight is 326 g/mol. The van der Waals surface area contributed by atoms with Crippen molar-refractivity contribution in [3.63, 3.8) is 0 Å². The predicted molar refractivity (Wildman–Crippen MR) is 96.0 cm³/mol. The SMILES string of the molecule is Cc1ncccc1-c1cnc2[nH]cc(-c3ccn4ncnc4c3)c2c1. The van der Waals surface area contributed by atoms with E-state index in [1.807, 2.05) is 43.7 Å². The maximum absolute atomic E-state index is 4.58. The highest BCUT2D eigenvalue weighted by molar-refractivity contribution is 5.96. The lowest BCUT2D eigenvalue weighted by molar-refractivity contribution is 0.962. The first-order chi connectivity index (χ1) is 12.3. The zero-order valence-electron chi connectivity index (χ0n) is 13.5. The van der Waals surface area contributed by atoms with Crippen molar-refractivity contribution < 1.29 is 0 Å².